The fraction of sp³-hybridized carbons (Fsp3) is 0.120. The third kappa shape index (κ3) is 8.94. The van der Waals surface area contributed by atoms with Gasteiger partial charge >= 0.3 is 18.5 Å². The summed E-state index contributed by atoms with van der Waals surface area (Å²) in [5.41, 5.74) is -3.23. The lowest BCUT2D eigenvalue weighted by atomic mass is 10.2. The highest BCUT2D eigenvalue weighted by molar-refractivity contribution is 6.32. The van der Waals surface area contributed by atoms with E-state index in [2.05, 4.69) is 9.97 Å². The third-order valence-electron chi connectivity index (χ3n) is 4.80. The Morgan fingerprint density at radius 1 is 0.524 bits per heavy atom. The quantitative estimate of drug-likeness (QED) is 0.220. The maximum Gasteiger partial charge on any atom is 0.417 e. The summed E-state index contributed by atoms with van der Waals surface area (Å²) in [6.45, 7) is 0. The monoisotopic (exact) mass is 664 g/mol. The second-order valence-corrected chi connectivity index (χ2v) is 9.06. The highest BCUT2D eigenvalue weighted by atomic mass is 35.5. The lowest BCUT2D eigenvalue weighted by molar-refractivity contribution is -0.138. The normalized spacial score (nSPS) is 11.9. The van der Waals surface area contributed by atoms with Gasteiger partial charge in [0, 0.05) is 0 Å². The molecule has 4 aromatic rings. The number of alkyl halides is 9. The molecule has 0 amide bonds. The number of phenols is 1. The Morgan fingerprint density at radius 2 is 0.881 bits per heavy atom. The molecule has 0 aliphatic carbocycles. The van der Waals surface area contributed by atoms with E-state index in [1.165, 1.54) is 12.1 Å². The molecular formula is C25H12Cl3F9N2O3. The maximum absolute atomic E-state index is 12.9. The van der Waals surface area contributed by atoms with Gasteiger partial charge in [0.15, 0.2) is 0 Å². The molecule has 5 nitrogen and oxygen atoms in total. The molecule has 1 N–H and O–H groups in total. The van der Waals surface area contributed by atoms with E-state index in [0.29, 0.717) is 18.2 Å². The number of hydrogen-bond donors (Lipinski definition) is 1. The van der Waals surface area contributed by atoms with E-state index in [9.17, 15) is 39.5 Å². The molecule has 0 saturated carbocycles. The van der Waals surface area contributed by atoms with E-state index in [1.807, 2.05) is 0 Å². The van der Waals surface area contributed by atoms with E-state index in [1.54, 1.807) is 0 Å². The number of ether oxygens (including phenoxy) is 2. The number of rotatable bonds is 4. The predicted octanol–water partition coefficient (Wildman–Crippen LogP) is 10.5. The van der Waals surface area contributed by atoms with Crippen LogP contribution in [0.4, 0.5) is 39.5 Å². The van der Waals surface area contributed by atoms with Crippen molar-refractivity contribution in [3.05, 3.63) is 98.7 Å². The van der Waals surface area contributed by atoms with Gasteiger partial charge in [-0.05, 0) is 54.6 Å². The maximum atomic E-state index is 12.9. The smallest absolute Gasteiger partial charge is 0.417 e. The molecule has 3 aromatic carbocycles. The van der Waals surface area contributed by atoms with Crippen LogP contribution in [0.1, 0.15) is 16.7 Å². The van der Waals surface area contributed by atoms with Crippen LogP contribution >= 0.6 is 34.8 Å². The second kappa shape index (κ2) is 12.7. The molecule has 0 fully saturated rings. The molecule has 0 unspecified atom stereocenters. The minimum Gasteiger partial charge on any atom is -0.508 e. The molecule has 0 spiro atoms. The van der Waals surface area contributed by atoms with Crippen molar-refractivity contribution < 1.29 is 54.1 Å². The van der Waals surface area contributed by atoms with Crippen LogP contribution in [-0.2, 0) is 18.5 Å². The Hall–Kier alpha value is -3.62. The Labute approximate surface area is 245 Å². The molecule has 0 bridgehead atoms. The Morgan fingerprint density at radius 3 is 1.24 bits per heavy atom. The van der Waals surface area contributed by atoms with Crippen molar-refractivity contribution in [2.45, 2.75) is 18.5 Å². The summed E-state index contributed by atoms with van der Waals surface area (Å²) < 4.78 is 124. The van der Waals surface area contributed by atoms with Gasteiger partial charge < -0.3 is 14.6 Å². The van der Waals surface area contributed by atoms with Crippen molar-refractivity contribution in [2.75, 3.05) is 0 Å². The van der Waals surface area contributed by atoms with Crippen LogP contribution in [0.15, 0.2) is 67.0 Å². The molecule has 1 aromatic heterocycles. The molecule has 0 atom stereocenters. The van der Waals surface area contributed by atoms with E-state index < -0.39 is 56.0 Å². The summed E-state index contributed by atoms with van der Waals surface area (Å²) in [6, 6.07) is 9.52. The molecule has 17 heteroatoms. The first-order valence-corrected chi connectivity index (χ1v) is 11.9. The summed E-state index contributed by atoms with van der Waals surface area (Å²) in [4.78, 5) is 7.47. The van der Waals surface area contributed by atoms with Gasteiger partial charge in [-0.2, -0.15) is 39.5 Å². The van der Waals surface area contributed by atoms with Gasteiger partial charge in [-0.1, -0.05) is 34.8 Å². The number of nitrogens with zero attached hydrogens (tertiary/aromatic N) is 2. The molecule has 0 aliphatic heterocycles. The lowest BCUT2D eigenvalue weighted by Crippen LogP contribution is -2.06. The van der Waals surface area contributed by atoms with Gasteiger partial charge in [0.2, 0.25) is 11.8 Å². The van der Waals surface area contributed by atoms with Crippen molar-refractivity contribution in [1.29, 1.82) is 0 Å². The lowest BCUT2D eigenvalue weighted by Gasteiger charge is -2.12. The zero-order valence-electron chi connectivity index (χ0n) is 20.0. The van der Waals surface area contributed by atoms with Crippen LogP contribution in [0, 0.1) is 0 Å². The average molecular weight is 666 g/mol. The highest BCUT2D eigenvalue weighted by Gasteiger charge is 2.35. The number of hydrogen-bond acceptors (Lipinski definition) is 5. The van der Waals surface area contributed by atoms with E-state index >= 15 is 0 Å². The van der Waals surface area contributed by atoms with Crippen LogP contribution in [-0.4, -0.2) is 15.1 Å². The van der Waals surface area contributed by atoms with E-state index in [0.717, 1.165) is 36.7 Å². The number of benzene rings is 3. The molecule has 0 saturated heterocycles. The van der Waals surface area contributed by atoms with Crippen LogP contribution in [0.2, 0.25) is 15.1 Å². The van der Waals surface area contributed by atoms with E-state index in [-0.39, 0.29) is 23.3 Å². The first-order chi connectivity index (χ1) is 19.3. The first kappa shape index (κ1) is 32.9. The molecule has 0 radical (unpaired) electrons. The summed E-state index contributed by atoms with van der Waals surface area (Å²) >= 11 is 16.3. The zero-order valence-corrected chi connectivity index (χ0v) is 22.3. The summed E-state index contributed by atoms with van der Waals surface area (Å²) in [5, 5.41) is 7.31. The molecule has 224 valence electrons. The average Bonchev–Trinajstić information content (AvgIpc) is 2.86. The standard InChI is InChI=1S/C18H8Cl2F6N2O2.C7H4ClF3O/c19-13-3-1-9(5-11(13)17(21,22)23)29-15-7-16(28-8-27-15)30-10-2-4-14(20)12(6-10)18(24,25)26;8-6-2-1-4(12)3-5(6)7(9,10)11/h1-8H;1-3,12H. The highest BCUT2D eigenvalue weighted by Crippen LogP contribution is 2.40. The van der Waals surface area contributed by atoms with Crippen LogP contribution in [0.3, 0.4) is 0 Å². The zero-order chi connectivity index (χ0) is 31.5. The summed E-state index contributed by atoms with van der Waals surface area (Å²) in [5.74, 6) is -1.31. The fourth-order valence-corrected chi connectivity index (χ4v) is 3.65. The minimum atomic E-state index is -4.69. The number of halogens is 12. The largest absolute Gasteiger partial charge is 0.508 e. The van der Waals surface area contributed by atoms with Crippen LogP contribution in [0.5, 0.6) is 29.0 Å². The Bertz CT molecular complexity index is 1480. The van der Waals surface area contributed by atoms with Crippen molar-refractivity contribution in [3.8, 4) is 29.0 Å². The van der Waals surface area contributed by atoms with Gasteiger partial charge in [-0.3, -0.25) is 0 Å². The molecular weight excluding hydrogens is 654 g/mol. The molecule has 42 heavy (non-hydrogen) atoms. The number of aromatic nitrogens is 2. The van der Waals surface area contributed by atoms with Crippen molar-refractivity contribution in [3.63, 3.8) is 0 Å². The molecule has 0 aliphatic rings. The number of aromatic hydroxyl groups is 1. The minimum absolute atomic E-state index is 0.208. The third-order valence-corrected chi connectivity index (χ3v) is 5.79. The second-order valence-electron chi connectivity index (χ2n) is 7.84. The predicted molar refractivity (Wildman–Crippen MR) is 133 cm³/mol. The SMILES string of the molecule is FC(F)(F)c1cc(Oc2cc(Oc3ccc(Cl)c(C(F)(F)F)c3)ncn2)ccc1Cl.Oc1ccc(Cl)c(C(F)(F)F)c1. The topological polar surface area (TPSA) is 64.5 Å². The Balaban J connectivity index is 0.000000337. The first-order valence-electron chi connectivity index (χ1n) is 10.8. The number of phenolic OH excluding ortho intramolecular Hbond substituents is 1. The molecule has 1 heterocycles. The van der Waals surface area contributed by atoms with Crippen molar-refractivity contribution >= 4 is 34.8 Å². The molecule has 4 rings (SSSR count). The van der Waals surface area contributed by atoms with Gasteiger partial charge in [0.1, 0.15) is 23.6 Å². The van der Waals surface area contributed by atoms with Gasteiger partial charge in [0.25, 0.3) is 0 Å². The van der Waals surface area contributed by atoms with Gasteiger partial charge in [-0.25, -0.2) is 9.97 Å². The van der Waals surface area contributed by atoms with Crippen LogP contribution in [0.25, 0.3) is 0 Å². The van der Waals surface area contributed by atoms with Crippen LogP contribution < -0.4 is 9.47 Å². The summed E-state index contributed by atoms with van der Waals surface area (Å²) in [6.07, 6.45) is -12.9. The Kier molecular flexibility index (Phi) is 9.96. The van der Waals surface area contributed by atoms with E-state index in [4.69, 9.17) is 49.4 Å². The fourth-order valence-electron chi connectivity index (χ4n) is 2.98. The van der Waals surface area contributed by atoms with Crippen molar-refractivity contribution in [2.24, 2.45) is 0 Å². The van der Waals surface area contributed by atoms with Gasteiger partial charge in [-0.15, -0.1) is 0 Å². The van der Waals surface area contributed by atoms with Gasteiger partial charge in [0.05, 0.1) is 37.8 Å². The van der Waals surface area contributed by atoms with Crippen molar-refractivity contribution in [1.82, 2.24) is 9.97 Å². The summed E-state index contributed by atoms with van der Waals surface area (Å²) in [7, 11) is 0.